The Morgan fingerprint density at radius 3 is 2.33 bits per heavy atom. The van der Waals surface area contributed by atoms with Gasteiger partial charge in [-0.3, -0.25) is 0 Å². The van der Waals surface area contributed by atoms with Crippen LogP contribution < -0.4 is 4.74 Å². The molecule has 0 spiro atoms. The predicted molar refractivity (Wildman–Crippen MR) is 70.3 cm³/mol. The molecule has 3 aromatic rings. The maximum absolute atomic E-state index is 13.6. The highest BCUT2D eigenvalue weighted by atomic mass is 19.3. The molecule has 108 valence electrons. The lowest BCUT2D eigenvalue weighted by Crippen LogP contribution is -2.01. The van der Waals surface area contributed by atoms with Crippen LogP contribution in [-0.4, -0.2) is 11.6 Å². The molecule has 1 aromatic heterocycles. The molecule has 3 rings (SSSR count). The van der Waals surface area contributed by atoms with Gasteiger partial charge in [0.25, 0.3) is 0 Å². The molecule has 0 unspecified atom stereocenters. The van der Waals surface area contributed by atoms with Crippen molar-refractivity contribution in [3.05, 3.63) is 54.1 Å². The van der Waals surface area contributed by atoms with Gasteiger partial charge in [0.15, 0.2) is 0 Å². The van der Waals surface area contributed by atoms with Crippen LogP contribution in [0.2, 0.25) is 0 Å². The van der Waals surface area contributed by atoms with Gasteiger partial charge in [0.1, 0.15) is 17.4 Å². The van der Waals surface area contributed by atoms with Gasteiger partial charge < -0.3 is 9.72 Å². The van der Waals surface area contributed by atoms with E-state index in [1.807, 2.05) is 0 Å². The maximum atomic E-state index is 13.6. The molecule has 21 heavy (non-hydrogen) atoms. The first-order chi connectivity index (χ1) is 10.0. The third kappa shape index (κ3) is 2.69. The zero-order chi connectivity index (χ0) is 15.0. The van der Waals surface area contributed by atoms with Crippen molar-refractivity contribution in [1.29, 1.82) is 0 Å². The molecule has 0 aliphatic carbocycles. The summed E-state index contributed by atoms with van der Waals surface area (Å²) in [7, 11) is 0. The van der Waals surface area contributed by atoms with E-state index in [9.17, 15) is 17.6 Å². The summed E-state index contributed by atoms with van der Waals surface area (Å²) in [5.41, 5.74) is 1.39. The van der Waals surface area contributed by atoms with Crippen LogP contribution in [-0.2, 0) is 0 Å². The van der Waals surface area contributed by atoms with Gasteiger partial charge in [-0.1, -0.05) is 0 Å². The Labute approximate surface area is 117 Å². The fourth-order valence-corrected chi connectivity index (χ4v) is 2.14. The lowest BCUT2D eigenvalue weighted by Gasteiger charge is -2.04. The molecule has 0 atom stereocenters. The van der Waals surface area contributed by atoms with Crippen molar-refractivity contribution >= 4 is 10.9 Å². The Hall–Kier alpha value is -2.50. The SMILES string of the molecule is Fc1cc(F)c2[nH]c(-c3ccc(OC(F)F)cc3)cc2c1. The molecule has 0 bridgehead atoms. The highest BCUT2D eigenvalue weighted by Crippen LogP contribution is 2.28. The van der Waals surface area contributed by atoms with E-state index in [-0.39, 0.29) is 11.3 Å². The first kappa shape index (κ1) is 13.5. The summed E-state index contributed by atoms with van der Waals surface area (Å²) in [5.74, 6) is -1.32. The molecule has 0 fully saturated rings. The second-order valence-electron chi connectivity index (χ2n) is 4.44. The number of fused-ring (bicyclic) bond motifs is 1. The monoisotopic (exact) mass is 295 g/mol. The minimum Gasteiger partial charge on any atom is -0.435 e. The lowest BCUT2D eigenvalue weighted by molar-refractivity contribution is -0.0498. The van der Waals surface area contributed by atoms with Crippen molar-refractivity contribution in [3.8, 4) is 17.0 Å². The normalized spacial score (nSPS) is 11.3. The second kappa shape index (κ2) is 5.12. The van der Waals surface area contributed by atoms with Crippen molar-refractivity contribution in [2.45, 2.75) is 6.61 Å². The van der Waals surface area contributed by atoms with Crippen LogP contribution in [0.25, 0.3) is 22.2 Å². The van der Waals surface area contributed by atoms with Crippen LogP contribution in [0, 0.1) is 11.6 Å². The van der Waals surface area contributed by atoms with E-state index >= 15 is 0 Å². The van der Waals surface area contributed by atoms with E-state index in [0.717, 1.165) is 6.07 Å². The molecule has 0 saturated carbocycles. The number of halogens is 4. The first-order valence-corrected chi connectivity index (χ1v) is 6.06. The molecule has 0 radical (unpaired) electrons. The minimum absolute atomic E-state index is 0.0297. The highest BCUT2D eigenvalue weighted by molar-refractivity contribution is 5.86. The molecule has 2 aromatic carbocycles. The Balaban J connectivity index is 1.98. The van der Waals surface area contributed by atoms with Crippen molar-refractivity contribution in [2.24, 2.45) is 0 Å². The van der Waals surface area contributed by atoms with Gasteiger partial charge in [-0.05, 0) is 42.0 Å². The number of benzene rings is 2. The van der Waals surface area contributed by atoms with E-state index in [2.05, 4.69) is 9.72 Å². The molecular formula is C15H9F4NO. The number of hydrogen-bond acceptors (Lipinski definition) is 1. The molecule has 1 heterocycles. The molecule has 6 heteroatoms. The molecule has 0 aliphatic rings. The second-order valence-corrected chi connectivity index (χ2v) is 4.44. The van der Waals surface area contributed by atoms with Gasteiger partial charge in [0, 0.05) is 17.1 Å². The Kier molecular flexibility index (Phi) is 3.29. The number of ether oxygens (including phenoxy) is 1. The van der Waals surface area contributed by atoms with Gasteiger partial charge in [-0.2, -0.15) is 8.78 Å². The average molecular weight is 295 g/mol. The maximum Gasteiger partial charge on any atom is 0.387 e. The summed E-state index contributed by atoms with van der Waals surface area (Å²) in [6.07, 6.45) is 0. The summed E-state index contributed by atoms with van der Waals surface area (Å²) >= 11 is 0. The summed E-state index contributed by atoms with van der Waals surface area (Å²) in [5, 5.41) is 0.399. The number of H-pyrrole nitrogens is 1. The quantitative estimate of drug-likeness (QED) is 0.695. The molecule has 1 N–H and O–H groups in total. The third-order valence-electron chi connectivity index (χ3n) is 3.04. The van der Waals surface area contributed by atoms with Crippen molar-refractivity contribution in [3.63, 3.8) is 0 Å². The molecule has 0 amide bonds. The smallest absolute Gasteiger partial charge is 0.387 e. The largest absolute Gasteiger partial charge is 0.435 e. The van der Waals surface area contributed by atoms with E-state index in [1.165, 1.54) is 18.2 Å². The van der Waals surface area contributed by atoms with Crippen molar-refractivity contribution in [1.82, 2.24) is 4.98 Å². The first-order valence-electron chi connectivity index (χ1n) is 6.06. The van der Waals surface area contributed by atoms with Gasteiger partial charge >= 0.3 is 6.61 Å². The standard InChI is InChI=1S/C15H9F4NO/c16-10-5-9-6-13(20-14(9)12(17)7-10)8-1-3-11(4-2-8)21-15(18)19/h1-7,15,20H. The zero-order valence-electron chi connectivity index (χ0n) is 10.5. The number of nitrogens with one attached hydrogen (secondary N) is 1. The summed E-state index contributed by atoms with van der Waals surface area (Å²) in [6.45, 7) is -2.89. The van der Waals surface area contributed by atoms with E-state index < -0.39 is 18.2 Å². The average Bonchev–Trinajstić information content (AvgIpc) is 2.83. The van der Waals surface area contributed by atoms with Crippen molar-refractivity contribution in [2.75, 3.05) is 0 Å². The Bertz CT molecular complexity index is 780. The van der Waals surface area contributed by atoms with Crippen LogP contribution in [0.4, 0.5) is 17.6 Å². The van der Waals surface area contributed by atoms with Crippen LogP contribution in [0.15, 0.2) is 42.5 Å². The lowest BCUT2D eigenvalue weighted by atomic mass is 10.1. The summed E-state index contributed by atoms with van der Waals surface area (Å²) < 4.78 is 55.1. The van der Waals surface area contributed by atoms with Crippen LogP contribution in [0.1, 0.15) is 0 Å². The van der Waals surface area contributed by atoms with E-state index in [1.54, 1.807) is 18.2 Å². The third-order valence-corrected chi connectivity index (χ3v) is 3.04. The molecule has 2 nitrogen and oxygen atoms in total. The minimum atomic E-state index is -2.89. The number of rotatable bonds is 3. The van der Waals surface area contributed by atoms with Gasteiger partial charge in [0.2, 0.25) is 0 Å². The fourth-order valence-electron chi connectivity index (χ4n) is 2.14. The number of hydrogen-bond donors (Lipinski definition) is 1. The van der Waals surface area contributed by atoms with Gasteiger partial charge in [-0.25, -0.2) is 8.78 Å². The van der Waals surface area contributed by atoms with Crippen LogP contribution in [0.5, 0.6) is 5.75 Å². The summed E-state index contributed by atoms with van der Waals surface area (Å²) in [6, 6.07) is 9.46. The summed E-state index contributed by atoms with van der Waals surface area (Å²) in [4.78, 5) is 2.84. The molecule has 0 saturated heterocycles. The number of aromatic amines is 1. The van der Waals surface area contributed by atoms with Crippen LogP contribution >= 0.6 is 0 Å². The number of aromatic nitrogens is 1. The van der Waals surface area contributed by atoms with Crippen molar-refractivity contribution < 1.29 is 22.3 Å². The van der Waals surface area contributed by atoms with E-state index in [0.29, 0.717) is 16.6 Å². The Morgan fingerprint density at radius 2 is 1.67 bits per heavy atom. The number of alkyl halides is 2. The molecule has 0 aliphatic heterocycles. The van der Waals surface area contributed by atoms with Gasteiger partial charge in [-0.15, -0.1) is 0 Å². The zero-order valence-corrected chi connectivity index (χ0v) is 10.5. The Morgan fingerprint density at radius 1 is 0.952 bits per heavy atom. The van der Waals surface area contributed by atoms with E-state index in [4.69, 9.17) is 0 Å². The highest BCUT2D eigenvalue weighted by Gasteiger charge is 2.10. The topological polar surface area (TPSA) is 25.0 Å². The fraction of sp³-hybridized carbons (Fsp3) is 0.0667. The van der Waals surface area contributed by atoms with Gasteiger partial charge in [0.05, 0.1) is 5.52 Å². The molecular weight excluding hydrogens is 286 g/mol. The van der Waals surface area contributed by atoms with Crippen LogP contribution in [0.3, 0.4) is 0 Å². The predicted octanol–water partition coefficient (Wildman–Crippen LogP) is 4.71.